The summed E-state index contributed by atoms with van der Waals surface area (Å²) < 4.78 is 43.5. The van der Waals surface area contributed by atoms with Gasteiger partial charge in [-0.25, -0.2) is 0 Å². The van der Waals surface area contributed by atoms with Crippen LogP contribution in [0, 0.1) is 12.1 Å². The maximum Gasteiger partial charge on any atom is 0.294 e. The van der Waals surface area contributed by atoms with Crippen LogP contribution in [0.25, 0.3) is 0 Å². The standard InChI is InChI=1S/C9H6FN4O3S/c10-9-8(5-11-14-13-9)12-6-1-3-7(4-2-6)18(15,16)17/h1-4H,(H,12,14)(H,15,16,17). The van der Waals surface area contributed by atoms with Crippen LogP contribution in [0.2, 0.25) is 0 Å². The van der Waals surface area contributed by atoms with E-state index in [2.05, 4.69) is 26.9 Å². The van der Waals surface area contributed by atoms with E-state index in [4.69, 9.17) is 4.55 Å². The molecule has 0 aliphatic rings. The van der Waals surface area contributed by atoms with Crippen LogP contribution in [0.4, 0.5) is 15.8 Å². The first-order chi connectivity index (χ1) is 8.47. The van der Waals surface area contributed by atoms with Crippen LogP contribution in [-0.2, 0) is 10.1 Å². The molecule has 0 atom stereocenters. The molecule has 0 bridgehead atoms. The minimum Gasteiger partial charge on any atom is -0.350 e. The van der Waals surface area contributed by atoms with E-state index >= 15 is 0 Å². The van der Waals surface area contributed by atoms with Crippen molar-refractivity contribution in [1.82, 2.24) is 15.4 Å². The highest BCUT2D eigenvalue weighted by molar-refractivity contribution is 7.85. The predicted octanol–water partition coefficient (Wildman–Crippen LogP) is 0.801. The van der Waals surface area contributed by atoms with Gasteiger partial charge in [0.15, 0.2) is 0 Å². The van der Waals surface area contributed by atoms with Crippen molar-refractivity contribution >= 4 is 21.5 Å². The van der Waals surface area contributed by atoms with Gasteiger partial charge >= 0.3 is 0 Å². The lowest BCUT2D eigenvalue weighted by Crippen LogP contribution is -2.01. The maximum atomic E-state index is 13.1. The van der Waals surface area contributed by atoms with Crippen LogP contribution in [0.15, 0.2) is 29.2 Å². The van der Waals surface area contributed by atoms with E-state index in [1.807, 2.05) is 0 Å². The van der Waals surface area contributed by atoms with Gasteiger partial charge in [0, 0.05) is 5.69 Å². The summed E-state index contributed by atoms with van der Waals surface area (Å²) in [6.07, 6.45) is 2.25. The Morgan fingerprint density at radius 1 is 1.28 bits per heavy atom. The molecule has 1 aromatic heterocycles. The summed E-state index contributed by atoms with van der Waals surface area (Å²) in [4.78, 5) is -0.261. The van der Waals surface area contributed by atoms with Crippen LogP contribution in [0.3, 0.4) is 0 Å². The zero-order valence-electron chi connectivity index (χ0n) is 8.70. The molecule has 7 nitrogen and oxygen atoms in total. The molecule has 2 N–H and O–H groups in total. The van der Waals surface area contributed by atoms with Gasteiger partial charge in [0.2, 0.25) is 0 Å². The van der Waals surface area contributed by atoms with Crippen molar-refractivity contribution in [3.63, 3.8) is 0 Å². The predicted molar refractivity (Wildman–Crippen MR) is 58.2 cm³/mol. The monoisotopic (exact) mass is 269 g/mol. The number of nitrogens with zero attached hydrogens (tertiary/aromatic N) is 3. The fourth-order valence-electron chi connectivity index (χ4n) is 1.16. The Morgan fingerprint density at radius 2 is 1.94 bits per heavy atom. The lowest BCUT2D eigenvalue weighted by atomic mass is 10.3. The Kier molecular flexibility index (Phi) is 3.17. The Hall–Kier alpha value is -2.13. The molecule has 1 aromatic carbocycles. The SMILES string of the molecule is O=S(=O)(O)c1ccc(Nc2[c]nnnc2F)cc1. The number of aromatic nitrogens is 3. The topological polar surface area (TPSA) is 105 Å². The molecule has 0 aliphatic carbocycles. The number of rotatable bonds is 3. The molecular weight excluding hydrogens is 263 g/mol. The number of hydrogen-bond acceptors (Lipinski definition) is 6. The van der Waals surface area contributed by atoms with E-state index in [0.717, 1.165) is 12.1 Å². The largest absolute Gasteiger partial charge is 0.350 e. The molecule has 18 heavy (non-hydrogen) atoms. The van der Waals surface area contributed by atoms with Crippen LogP contribution in [0.1, 0.15) is 0 Å². The van der Waals surface area contributed by atoms with E-state index in [1.54, 1.807) is 0 Å². The average Bonchev–Trinajstić information content (AvgIpc) is 2.32. The van der Waals surface area contributed by atoms with Crippen molar-refractivity contribution in [1.29, 1.82) is 0 Å². The number of halogens is 1. The fraction of sp³-hybridized carbons (Fsp3) is 0. The first-order valence-electron chi connectivity index (χ1n) is 4.58. The van der Waals surface area contributed by atoms with Crippen molar-refractivity contribution in [3.05, 3.63) is 36.4 Å². The highest BCUT2D eigenvalue weighted by atomic mass is 32.2. The Labute approximate surface area is 101 Å². The minimum atomic E-state index is -4.24. The molecular formula is C9H6FN4O3S. The molecule has 0 saturated heterocycles. The summed E-state index contributed by atoms with van der Waals surface area (Å²) in [6, 6.07) is 5.02. The van der Waals surface area contributed by atoms with Gasteiger partial charge in [-0.05, 0) is 29.5 Å². The van der Waals surface area contributed by atoms with Crippen LogP contribution < -0.4 is 5.32 Å². The van der Waals surface area contributed by atoms with Crippen molar-refractivity contribution in [2.24, 2.45) is 0 Å². The van der Waals surface area contributed by atoms with E-state index in [1.165, 1.54) is 12.1 Å². The van der Waals surface area contributed by atoms with Gasteiger partial charge in [-0.1, -0.05) is 5.10 Å². The molecule has 2 rings (SSSR count). The average molecular weight is 269 g/mol. The molecule has 0 unspecified atom stereocenters. The highest BCUT2D eigenvalue weighted by Crippen LogP contribution is 2.18. The zero-order chi connectivity index (χ0) is 13.2. The van der Waals surface area contributed by atoms with Crippen LogP contribution in [-0.4, -0.2) is 28.4 Å². The second kappa shape index (κ2) is 4.63. The molecule has 0 aliphatic heterocycles. The van der Waals surface area contributed by atoms with Crippen molar-refractivity contribution < 1.29 is 17.4 Å². The third-order valence-corrected chi connectivity index (χ3v) is 2.83. The number of anilines is 2. The summed E-state index contributed by atoms with van der Waals surface area (Å²) >= 11 is 0. The van der Waals surface area contributed by atoms with Crippen LogP contribution in [0.5, 0.6) is 0 Å². The van der Waals surface area contributed by atoms with E-state index in [9.17, 15) is 12.8 Å². The lowest BCUT2D eigenvalue weighted by molar-refractivity contribution is 0.483. The molecule has 0 amide bonds. The third kappa shape index (κ3) is 2.76. The second-order valence-corrected chi connectivity index (χ2v) is 4.61. The highest BCUT2D eigenvalue weighted by Gasteiger charge is 2.09. The molecule has 1 heterocycles. The smallest absolute Gasteiger partial charge is 0.294 e. The summed E-state index contributed by atoms with van der Waals surface area (Å²) in [6.45, 7) is 0. The number of hydrogen-bond donors (Lipinski definition) is 2. The molecule has 0 fully saturated rings. The van der Waals surface area contributed by atoms with Gasteiger partial charge in [0.05, 0.1) is 4.90 Å². The van der Waals surface area contributed by atoms with Gasteiger partial charge < -0.3 is 5.32 Å². The summed E-state index contributed by atoms with van der Waals surface area (Å²) in [5.74, 6) is -0.885. The third-order valence-electron chi connectivity index (χ3n) is 1.97. The second-order valence-electron chi connectivity index (χ2n) is 3.19. The normalized spacial score (nSPS) is 11.2. The van der Waals surface area contributed by atoms with Crippen molar-refractivity contribution in [2.75, 3.05) is 5.32 Å². The fourth-order valence-corrected chi connectivity index (χ4v) is 1.64. The maximum absolute atomic E-state index is 13.1. The van der Waals surface area contributed by atoms with E-state index < -0.39 is 16.1 Å². The van der Waals surface area contributed by atoms with Gasteiger partial charge in [0.25, 0.3) is 16.1 Å². The summed E-state index contributed by atoms with van der Waals surface area (Å²) in [5.41, 5.74) is 0.261. The molecule has 93 valence electrons. The summed E-state index contributed by atoms with van der Waals surface area (Å²) in [7, 11) is -4.24. The first kappa shape index (κ1) is 12.3. The van der Waals surface area contributed by atoms with E-state index in [0.29, 0.717) is 5.69 Å². The van der Waals surface area contributed by atoms with Gasteiger partial charge in [0.1, 0.15) is 11.9 Å². The quantitative estimate of drug-likeness (QED) is 0.794. The molecule has 9 heteroatoms. The number of nitrogens with one attached hydrogen (secondary N) is 1. The molecule has 1 radical (unpaired) electrons. The molecule has 2 aromatic rings. The van der Waals surface area contributed by atoms with Gasteiger partial charge in [-0.15, -0.1) is 5.10 Å². The Morgan fingerprint density at radius 3 is 2.50 bits per heavy atom. The summed E-state index contributed by atoms with van der Waals surface area (Å²) in [5, 5.41) is 12.0. The first-order valence-corrected chi connectivity index (χ1v) is 6.02. The molecule has 0 saturated carbocycles. The molecule has 0 spiro atoms. The zero-order valence-corrected chi connectivity index (χ0v) is 9.52. The minimum absolute atomic E-state index is 0.121. The van der Waals surface area contributed by atoms with Crippen molar-refractivity contribution in [3.8, 4) is 0 Å². The number of benzene rings is 1. The van der Waals surface area contributed by atoms with E-state index in [-0.39, 0.29) is 10.6 Å². The Bertz CT molecular complexity index is 660. The Balaban J connectivity index is 2.24. The van der Waals surface area contributed by atoms with Crippen LogP contribution >= 0.6 is 0 Å². The lowest BCUT2D eigenvalue weighted by Gasteiger charge is -2.05. The van der Waals surface area contributed by atoms with Gasteiger partial charge in [-0.2, -0.15) is 12.8 Å². The van der Waals surface area contributed by atoms with Crippen molar-refractivity contribution in [2.45, 2.75) is 4.90 Å². The van der Waals surface area contributed by atoms with Gasteiger partial charge in [-0.3, -0.25) is 4.55 Å².